The smallest absolute Gasteiger partial charge is 0.235 e. The van der Waals surface area contributed by atoms with Crippen molar-refractivity contribution in [2.45, 2.75) is 25.6 Å². The molecule has 21 heavy (non-hydrogen) atoms. The largest absolute Gasteiger partial charge is 0.404 e. The Labute approximate surface area is 129 Å². The van der Waals surface area contributed by atoms with Gasteiger partial charge in [-0.2, -0.15) is 0 Å². The summed E-state index contributed by atoms with van der Waals surface area (Å²) in [5.41, 5.74) is 7.00. The number of amides is 1. The molecule has 0 saturated carbocycles. The second kappa shape index (κ2) is 9.15. The molecule has 0 spiro atoms. The van der Waals surface area contributed by atoms with Crippen LogP contribution in [0.4, 0.5) is 0 Å². The molecule has 1 rings (SSSR count). The monoisotopic (exact) mass is 309 g/mol. The van der Waals surface area contributed by atoms with Gasteiger partial charge in [0, 0.05) is 18.0 Å². The highest BCUT2D eigenvalue weighted by Gasteiger charge is 2.19. The lowest BCUT2D eigenvalue weighted by Gasteiger charge is -2.20. The average Bonchev–Trinajstić information content (AvgIpc) is 2.51. The van der Waals surface area contributed by atoms with Crippen LogP contribution in [0.3, 0.4) is 0 Å². The maximum Gasteiger partial charge on any atom is 0.235 e. The summed E-state index contributed by atoms with van der Waals surface area (Å²) in [5, 5.41) is 12.7. The van der Waals surface area contributed by atoms with Crippen molar-refractivity contribution in [2.75, 3.05) is 5.88 Å². The van der Waals surface area contributed by atoms with E-state index < -0.39 is 12.1 Å². The van der Waals surface area contributed by atoms with Gasteiger partial charge in [0.2, 0.25) is 5.91 Å². The van der Waals surface area contributed by atoms with Crippen LogP contribution < -0.4 is 11.1 Å². The molecule has 0 radical (unpaired) electrons. The summed E-state index contributed by atoms with van der Waals surface area (Å²) in [4.78, 5) is 15.4. The SMILES string of the molecule is CC(NC(=O)CCl)C(O)C(C=NCc1ccccc1)=CN. The van der Waals surface area contributed by atoms with Gasteiger partial charge in [-0.25, -0.2) is 0 Å². The molecular weight excluding hydrogens is 290 g/mol. The maximum absolute atomic E-state index is 11.2. The Morgan fingerprint density at radius 3 is 2.71 bits per heavy atom. The van der Waals surface area contributed by atoms with E-state index in [1.807, 2.05) is 30.3 Å². The van der Waals surface area contributed by atoms with E-state index >= 15 is 0 Å². The number of halogens is 1. The number of benzene rings is 1. The zero-order valence-corrected chi connectivity index (χ0v) is 12.6. The molecular formula is C15H20ClN3O2. The van der Waals surface area contributed by atoms with Crippen molar-refractivity contribution in [3.05, 3.63) is 47.7 Å². The van der Waals surface area contributed by atoms with Crippen LogP contribution in [-0.4, -0.2) is 35.3 Å². The standard InChI is InChI=1S/C15H20ClN3O2/c1-11(19-14(20)7-16)15(21)13(8-17)10-18-9-12-5-3-2-4-6-12/h2-6,8,10-11,15,21H,7,9,17H2,1H3,(H,19,20). The minimum Gasteiger partial charge on any atom is -0.404 e. The van der Waals surface area contributed by atoms with Crippen LogP contribution in [0.2, 0.25) is 0 Å². The minimum absolute atomic E-state index is 0.152. The van der Waals surface area contributed by atoms with Crippen molar-refractivity contribution < 1.29 is 9.90 Å². The molecule has 0 heterocycles. The lowest BCUT2D eigenvalue weighted by molar-refractivity contribution is -0.119. The average molecular weight is 310 g/mol. The van der Waals surface area contributed by atoms with Crippen LogP contribution in [-0.2, 0) is 11.3 Å². The highest BCUT2D eigenvalue weighted by molar-refractivity contribution is 6.27. The Balaban J connectivity index is 2.59. The second-order valence-electron chi connectivity index (χ2n) is 4.56. The van der Waals surface area contributed by atoms with E-state index in [9.17, 15) is 9.90 Å². The van der Waals surface area contributed by atoms with E-state index in [0.717, 1.165) is 5.56 Å². The van der Waals surface area contributed by atoms with E-state index in [-0.39, 0.29) is 11.8 Å². The van der Waals surface area contributed by atoms with Crippen molar-refractivity contribution in [1.29, 1.82) is 0 Å². The molecule has 1 aromatic rings. The molecule has 0 bridgehead atoms. The number of rotatable bonds is 7. The fraction of sp³-hybridized carbons (Fsp3) is 0.333. The van der Waals surface area contributed by atoms with Crippen molar-refractivity contribution in [2.24, 2.45) is 10.7 Å². The molecule has 0 aliphatic heterocycles. The summed E-state index contributed by atoms with van der Waals surface area (Å²) < 4.78 is 0. The number of hydrogen-bond acceptors (Lipinski definition) is 4. The quantitative estimate of drug-likeness (QED) is 0.522. The molecule has 1 amide bonds. The number of nitrogens with two attached hydrogens (primary N) is 1. The Morgan fingerprint density at radius 2 is 2.14 bits per heavy atom. The molecule has 4 N–H and O–H groups in total. The lowest BCUT2D eigenvalue weighted by Crippen LogP contribution is -2.43. The van der Waals surface area contributed by atoms with Crippen molar-refractivity contribution in [3.8, 4) is 0 Å². The fourth-order valence-corrected chi connectivity index (χ4v) is 1.80. The van der Waals surface area contributed by atoms with E-state index in [1.54, 1.807) is 6.92 Å². The predicted octanol–water partition coefficient (Wildman–Crippen LogP) is 1.20. The second-order valence-corrected chi connectivity index (χ2v) is 4.82. The van der Waals surface area contributed by atoms with Crippen LogP contribution in [0.15, 0.2) is 47.1 Å². The molecule has 0 saturated heterocycles. The summed E-state index contributed by atoms with van der Waals surface area (Å²) in [6.45, 7) is 2.16. The Bertz CT molecular complexity index is 503. The van der Waals surface area contributed by atoms with Crippen LogP contribution in [0, 0.1) is 0 Å². The van der Waals surface area contributed by atoms with Crippen molar-refractivity contribution in [1.82, 2.24) is 5.32 Å². The van der Waals surface area contributed by atoms with Gasteiger partial charge in [0.1, 0.15) is 12.0 Å². The van der Waals surface area contributed by atoms with Gasteiger partial charge in [-0.05, 0) is 12.5 Å². The molecule has 5 nitrogen and oxygen atoms in total. The first-order chi connectivity index (χ1) is 10.1. The number of aliphatic imine (C=N–C) groups is 1. The third kappa shape index (κ3) is 5.97. The predicted molar refractivity (Wildman–Crippen MR) is 85.2 cm³/mol. The van der Waals surface area contributed by atoms with Gasteiger partial charge in [0.25, 0.3) is 0 Å². The number of nitrogens with one attached hydrogen (secondary N) is 1. The fourth-order valence-electron chi connectivity index (χ4n) is 1.72. The zero-order valence-electron chi connectivity index (χ0n) is 11.9. The van der Waals surface area contributed by atoms with Crippen LogP contribution in [0.1, 0.15) is 12.5 Å². The zero-order chi connectivity index (χ0) is 15.7. The molecule has 0 aliphatic carbocycles. The Kier molecular flexibility index (Phi) is 7.50. The van der Waals surface area contributed by atoms with E-state index in [2.05, 4.69) is 10.3 Å². The van der Waals surface area contributed by atoms with Gasteiger partial charge in [-0.3, -0.25) is 9.79 Å². The topological polar surface area (TPSA) is 87.7 Å². The normalized spacial score (nSPS) is 14.9. The molecule has 2 atom stereocenters. The minimum atomic E-state index is -0.943. The van der Waals surface area contributed by atoms with Crippen LogP contribution >= 0.6 is 11.6 Å². The van der Waals surface area contributed by atoms with Gasteiger partial charge in [-0.15, -0.1) is 11.6 Å². The van der Waals surface area contributed by atoms with Gasteiger partial charge >= 0.3 is 0 Å². The van der Waals surface area contributed by atoms with Gasteiger partial charge in [0.15, 0.2) is 0 Å². The van der Waals surface area contributed by atoms with Gasteiger partial charge < -0.3 is 16.2 Å². The number of hydrogen-bond donors (Lipinski definition) is 3. The summed E-state index contributed by atoms with van der Waals surface area (Å²) in [6, 6.07) is 9.22. The highest BCUT2D eigenvalue weighted by Crippen LogP contribution is 2.06. The Morgan fingerprint density at radius 1 is 1.48 bits per heavy atom. The number of nitrogens with zero attached hydrogens (tertiary/aromatic N) is 1. The first kappa shape index (κ1) is 17.2. The number of carbonyl (C=O) groups excluding carboxylic acids is 1. The highest BCUT2D eigenvalue weighted by atomic mass is 35.5. The molecule has 0 aromatic heterocycles. The van der Waals surface area contributed by atoms with Gasteiger partial charge in [0.05, 0.1) is 12.6 Å². The van der Waals surface area contributed by atoms with E-state index in [0.29, 0.717) is 12.1 Å². The summed E-state index contributed by atoms with van der Waals surface area (Å²) >= 11 is 5.41. The summed E-state index contributed by atoms with van der Waals surface area (Å²) in [7, 11) is 0. The molecule has 114 valence electrons. The number of aliphatic hydroxyl groups is 1. The van der Waals surface area contributed by atoms with Crippen LogP contribution in [0.25, 0.3) is 0 Å². The summed E-state index contributed by atoms with van der Waals surface area (Å²) in [5.74, 6) is -0.498. The van der Waals surface area contributed by atoms with Crippen molar-refractivity contribution >= 4 is 23.7 Å². The van der Waals surface area contributed by atoms with E-state index in [4.69, 9.17) is 17.3 Å². The molecule has 6 heteroatoms. The maximum atomic E-state index is 11.2. The van der Waals surface area contributed by atoms with Gasteiger partial charge in [-0.1, -0.05) is 30.3 Å². The molecule has 0 aliphatic rings. The lowest BCUT2D eigenvalue weighted by atomic mass is 10.1. The first-order valence-corrected chi connectivity index (χ1v) is 7.11. The van der Waals surface area contributed by atoms with Crippen molar-refractivity contribution in [3.63, 3.8) is 0 Å². The molecule has 2 unspecified atom stereocenters. The molecule has 1 aromatic carbocycles. The third-order valence-corrected chi connectivity index (χ3v) is 3.12. The first-order valence-electron chi connectivity index (χ1n) is 6.57. The number of alkyl halides is 1. The Hall–Kier alpha value is -1.85. The number of aliphatic hydroxyl groups excluding tert-OH is 1. The number of carbonyl (C=O) groups is 1. The van der Waals surface area contributed by atoms with E-state index in [1.165, 1.54) is 12.4 Å². The summed E-state index contributed by atoms with van der Waals surface area (Å²) in [6.07, 6.45) is 1.85. The van der Waals surface area contributed by atoms with Crippen LogP contribution in [0.5, 0.6) is 0 Å². The molecule has 0 fully saturated rings. The third-order valence-electron chi connectivity index (χ3n) is 2.87.